The summed E-state index contributed by atoms with van der Waals surface area (Å²) >= 11 is 14.1. The van der Waals surface area contributed by atoms with E-state index in [1.165, 1.54) is 14.1 Å². The van der Waals surface area contributed by atoms with E-state index in [0.29, 0.717) is 52.9 Å². The number of nitrogens with one attached hydrogen (secondary N) is 2. The third-order valence-electron chi connectivity index (χ3n) is 10.4. The number of halogens is 4. The van der Waals surface area contributed by atoms with Crippen molar-refractivity contribution >= 4 is 51.5 Å². The fourth-order valence-corrected chi connectivity index (χ4v) is 8.25. The van der Waals surface area contributed by atoms with Gasteiger partial charge in [-0.3, -0.25) is 23.6 Å². The van der Waals surface area contributed by atoms with Crippen LogP contribution in [0.3, 0.4) is 0 Å². The summed E-state index contributed by atoms with van der Waals surface area (Å²) in [7, 11) is 4.30. The van der Waals surface area contributed by atoms with E-state index >= 15 is 0 Å². The number of fused-ring (bicyclic) bond motifs is 2. The van der Waals surface area contributed by atoms with Crippen LogP contribution in [0, 0.1) is 0 Å². The Balaban J connectivity index is 1.13. The van der Waals surface area contributed by atoms with Crippen molar-refractivity contribution in [3.8, 4) is 28.3 Å². The highest BCUT2D eigenvalue weighted by molar-refractivity contribution is 6.39. The Morgan fingerprint density at radius 1 is 1.00 bits per heavy atom. The van der Waals surface area contributed by atoms with E-state index in [1.54, 1.807) is 25.3 Å². The number of methoxy groups -OCH3 is 1. The average molecular weight is 765 g/mol. The number of rotatable bonds is 7. The summed E-state index contributed by atoms with van der Waals surface area (Å²) in [6.07, 6.45) is -1.27. The van der Waals surface area contributed by atoms with Gasteiger partial charge in [-0.15, -0.1) is 0 Å². The van der Waals surface area contributed by atoms with Crippen LogP contribution in [0.2, 0.25) is 10.0 Å². The number of alkyl halides is 2. The number of hydrogen-bond acceptors (Lipinski definition) is 9. The van der Waals surface area contributed by atoms with E-state index in [2.05, 4.69) is 20.5 Å². The second kappa shape index (κ2) is 13.2. The summed E-state index contributed by atoms with van der Waals surface area (Å²) in [6.45, 7) is 1.97. The first-order valence-corrected chi connectivity index (χ1v) is 17.6. The van der Waals surface area contributed by atoms with Crippen LogP contribution in [0.15, 0.2) is 58.1 Å². The van der Waals surface area contributed by atoms with Crippen LogP contribution in [0.25, 0.3) is 33.3 Å². The molecule has 8 rings (SSSR count). The Hall–Kier alpha value is -4.89. The van der Waals surface area contributed by atoms with Crippen molar-refractivity contribution in [2.45, 2.75) is 30.9 Å². The molecule has 0 radical (unpaired) electrons. The molecule has 1 spiro atoms. The van der Waals surface area contributed by atoms with Crippen molar-refractivity contribution in [2.75, 3.05) is 38.7 Å². The number of ether oxygens (including phenoxy) is 2. The monoisotopic (exact) mass is 763 g/mol. The maximum absolute atomic E-state index is 14.0. The van der Waals surface area contributed by atoms with Gasteiger partial charge in [0.25, 0.3) is 12.0 Å². The molecule has 3 aromatic heterocycles. The van der Waals surface area contributed by atoms with Gasteiger partial charge < -0.3 is 20.1 Å². The lowest BCUT2D eigenvalue weighted by Crippen LogP contribution is -2.70. The largest absolute Gasteiger partial charge is 0.481 e. The van der Waals surface area contributed by atoms with Gasteiger partial charge in [0.2, 0.25) is 11.8 Å². The zero-order valence-corrected chi connectivity index (χ0v) is 30.3. The van der Waals surface area contributed by atoms with E-state index in [9.17, 15) is 23.2 Å². The molecule has 16 heteroatoms. The SMILES string of the molecule is COc1nc(-c2cccc(-c3cccc(Nc4nc(C(F)F)cc5c4c(=O)n(C)c(=O)n5C)c3Cl)c2Cl)cc2c1C(N1CC3(CNC(=O)CO3)C1)CC2. The molecule has 2 fully saturated rings. The summed E-state index contributed by atoms with van der Waals surface area (Å²) in [5.74, 6) is 0.242. The van der Waals surface area contributed by atoms with Crippen molar-refractivity contribution in [3.63, 3.8) is 0 Å². The minimum absolute atomic E-state index is 0.000427. The molecule has 5 aromatic rings. The number of likely N-dealkylation sites (tertiary alicyclic amines) is 1. The molecule has 2 aromatic carbocycles. The van der Waals surface area contributed by atoms with Crippen molar-refractivity contribution in [3.05, 3.63) is 96.2 Å². The number of benzene rings is 2. The van der Waals surface area contributed by atoms with Crippen LogP contribution in [0.1, 0.15) is 35.7 Å². The van der Waals surface area contributed by atoms with Crippen molar-refractivity contribution < 1.29 is 23.0 Å². The molecule has 0 saturated carbocycles. The Kier molecular flexibility index (Phi) is 8.76. The van der Waals surface area contributed by atoms with Crippen molar-refractivity contribution in [2.24, 2.45) is 14.1 Å². The van der Waals surface area contributed by atoms with Gasteiger partial charge in [-0.1, -0.05) is 53.5 Å². The Bertz CT molecular complexity index is 2450. The smallest absolute Gasteiger partial charge is 0.330 e. The standard InChI is InChI=1S/C37H33Cl2F2N7O5/c1-46-26-13-24(32(40)41)44-33(29(26)35(50)47(2)36(46)51)43-22-9-5-7-20(31(22)39)19-6-4-8-21(30(19)38)23-12-18-10-11-25(28(18)34(45-23)52-3)48-16-37(17-48)15-42-27(49)14-53-37/h4-9,12-13,25,32H,10-11,14-17H2,1-3H3,(H,42,49)(H,43,44). The molecule has 2 N–H and O–H groups in total. The lowest BCUT2D eigenvalue weighted by molar-refractivity contribution is -0.179. The quantitative estimate of drug-likeness (QED) is 0.219. The van der Waals surface area contributed by atoms with Gasteiger partial charge in [-0.25, -0.2) is 23.5 Å². The second-order valence-corrected chi connectivity index (χ2v) is 14.3. The van der Waals surface area contributed by atoms with Crippen LogP contribution in [-0.2, 0) is 30.0 Å². The summed E-state index contributed by atoms with van der Waals surface area (Å²) < 4.78 is 41.7. The summed E-state index contributed by atoms with van der Waals surface area (Å²) in [6, 6.07) is 13.8. The fraction of sp³-hybridized carbons (Fsp3) is 0.324. The molecule has 2 aliphatic heterocycles. The normalized spacial score (nSPS) is 18.0. The number of hydrogen-bond donors (Lipinski definition) is 2. The molecular weight excluding hydrogens is 731 g/mol. The zero-order chi connectivity index (χ0) is 37.3. The number of nitrogens with zero attached hydrogens (tertiary/aromatic N) is 5. The summed E-state index contributed by atoms with van der Waals surface area (Å²) in [5, 5.41) is 6.41. The number of carbonyl (C=O) groups is 1. The van der Waals surface area contributed by atoms with Crippen LogP contribution < -0.4 is 26.6 Å². The molecule has 0 bridgehead atoms. The molecule has 2 saturated heterocycles. The van der Waals surface area contributed by atoms with Crippen LogP contribution in [-0.4, -0.2) is 68.9 Å². The van der Waals surface area contributed by atoms with Gasteiger partial charge in [0.1, 0.15) is 29.1 Å². The highest BCUT2D eigenvalue weighted by Gasteiger charge is 2.50. The van der Waals surface area contributed by atoms with Crippen molar-refractivity contribution in [1.29, 1.82) is 0 Å². The highest BCUT2D eigenvalue weighted by Crippen LogP contribution is 2.48. The number of carbonyl (C=O) groups excluding carboxylic acids is 1. The number of anilines is 2. The third kappa shape index (κ3) is 5.84. The first-order valence-electron chi connectivity index (χ1n) is 16.9. The second-order valence-electron chi connectivity index (χ2n) is 13.6. The predicted molar refractivity (Wildman–Crippen MR) is 196 cm³/mol. The minimum atomic E-state index is -2.97. The molecule has 1 unspecified atom stereocenters. The molecule has 1 atom stereocenters. The number of amides is 1. The fourth-order valence-electron chi connectivity index (χ4n) is 7.65. The third-order valence-corrected chi connectivity index (χ3v) is 11.2. The van der Waals surface area contributed by atoms with E-state index in [0.717, 1.165) is 39.2 Å². The van der Waals surface area contributed by atoms with Gasteiger partial charge >= 0.3 is 5.69 Å². The van der Waals surface area contributed by atoms with Crippen LogP contribution in [0.5, 0.6) is 5.88 Å². The molecule has 53 heavy (non-hydrogen) atoms. The molecule has 3 aliphatic rings. The van der Waals surface area contributed by atoms with Gasteiger partial charge in [0.15, 0.2) is 0 Å². The van der Waals surface area contributed by atoms with E-state index < -0.39 is 23.4 Å². The molecular formula is C37H33Cl2F2N7O5. The summed E-state index contributed by atoms with van der Waals surface area (Å²) in [5.41, 5.74) is 2.46. The maximum Gasteiger partial charge on any atom is 0.330 e. The van der Waals surface area contributed by atoms with Gasteiger partial charge in [-0.2, -0.15) is 0 Å². The molecule has 274 valence electrons. The van der Waals surface area contributed by atoms with Gasteiger partial charge in [-0.05, 0) is 36.6 Å². The number of morpholine rings is 1. The minimum Gasteiger partial charge on any atom is -0.481 e. The first kappa shape index (κ1) is 35.2. The lowest BCUT2D eigenvalue weighted by Gasteiger charge is -2.53. The molecule has 1 aliphatic carbocycles. The van der Waals surface area contributed by atoms with Crippen LogP contribution >= 0.6 is 23.2 Å². The van der Waals surface area contributed by atoms with Crippen LogP contribution in [0.4, 0.5) is 20.3 Å². The lowest BCUT2D eigenvalue weighted by atomic mass is 9.89. The van der Waals surface area contributed by atoms with E-state index in [4.69, 9.17) is 37.7 Å². The van der Waals surface area contributed by atoms with Gasteiger partial charge in [0.05, 0.1) is 34.1 Å². The number of pyridine rings is 2. The maximum atomic E-state index is 14.0. The molecule has 5 heterocycles. The Morgan fingerprint density at radius 3 is 2.42 bits per heavy atom. The number of aryl methyl sites for hydroxylation is 2. The first-order chi connectivity index (χ1) is 25.4. The molecule has 1 amide bonds. The topological polar surface area (TPSA) is 133 Å². The zero-order valence-electron chi connectivity index (χ0n) is 28.8. The Morgan fingerprint density at radius 2 is 1.72 bits per heavy atom. The van der Waals surface area contributed by atoms with E-state index in [1.807, 2.05) is 24.3 Å². The van der Waals surface area contributed by atoms with Crippen molar-refractivity contribution in [1.82, 2.24) is 29.3 Å². The van der Waals surface area contributed by atoms with Gasteiger partial charge in [0, 0.05) is 62.0 Å². The van der Waals surface area contributed by atoms with E-state index in [-0.39, 0.29) is 51.6 Å². The predicted octanol–water partition coefficient (Wildman–Crippen LogP) is 5.55. The average Bonchev–Trinajstić information content (AvgIpc) is 3.56. The highest BCUT2D eigenvalue weighted by atomic mass is 35.5. The Labute approximate surface area is 311 Å². The number of aromatic nitrogens is 4. The molecule has 12 nitrogen and oxygen atoms in total. The summed E-state index contributed by atoms with van der Waals surface area (Å²) in [4.78, 5) is 48.8.